The summed E-state index contributed by atoms with van der Waals surface area (Å²) in [5, 5.41) is 8.87. The number of fused-ring (bicyclic) bond motifs is 1. The molecule has 0 atom stereocenters. The monoisotopic (exact) mass is 473 g/mol. The van der Waals surface area contributed by atoms with E-state index in [0.29, 0.717) is 11.4 Å². The third-order valence-corrected chi connectivity index (χ3v) is 6.80. The molecule has 1 N–H and O–H groups in total. The van der Waals surface area contributed by atoms with Crippen LogP contribution in [0.25, 0.3) is 16.9 Å². The predicted octanol–water partition coefficient (Wildman–Crippen LogP) is 5.39. The third-order valence-electron chi connectivity index (χ3n) is 6.47. The molecule has 5 rings (SSSR count). The molecule has 4 aromatic rings. The van der Waals surface area contributed by atoms with Crippen LogP contribution in [0.2, 0.25) is 5.02 Å². The van der Waals surface area contributed by atoms with E-state index in [1.807, 2.05) is 71.1 Å². The first kappa shape index (κ1) is 22.4. The standard InChI is InChI=1S/C27H28ClN5O/c1-19-18-29-33-25(17-24(31-27(19)33)22-9-5-6-10-23(22)28)30-21-13-15-32(16-14-21)26(34)12-11-20-7-3-2-4-8-20/h2-10,17-18,21,30H,11-16H2,1H3. The molecule has 6 nitrogen and oxygen atoms in total. The quantitative estimate of drug-likeness (QED) is 0.407. The van der Waals surface area contributed by atoms with Crippen LogP contribution in [0, 0.1) is 6.92 Å². The minimum atomic E-state index is 0.234. The maximum absolute atomic E-state index is 12.7. The number of aromatic nitrogens is 3. The van der Waals surface area contributed by atoms with Crippen molar-refractivity contribution in [3.63, 3.8) is 0 Å². The molecular formula is C27H28ClN5O. The van der Waals surface area contributed by atoms with E-state index in [4.69, 9.17) is 16.6 Å². The molecule has 1 amide bonds. The van der Waals surface area contributed by atoms with Crippen LogP contribution in [0.3, 0.4) is 0 Å². The van der Waals surface area contributed by atoms with Gasteiger partial charge in [-0.3, -0.25) is 4.79 Å². The zero-order chi connectivity index (χ0) is 23.5. The molecule has 1 fully saturated rings. The van der Waals surface area contributed by atoms with Crippen molar-refractivity contribution in [1.82, 2.24) is 19.5 Å². The number of carbonyl (C=O) groups is 1. The second-order valence-electron chi connectivity index (χ2n) is 8.85. The summed E-state index contributed by atoms with van der Waals surface area (Å²) in [6.07, 6.45) is 4.96. The number of halogens is 1. The Morgan fingerprint density at radius 3 is 2.59 bits per heavy atom. The maximum Gasteiger partial charge on any atom is 0.222 e. The van der Waals surface area contributed by atoms with Gasteiger partial charge in [0, 0.05) is 47.8 Å². The summed E-state index contributed by atoms with van der Waals surface area (Å²) in [6.45, 7) is 3.53. The fourth-order valence-electron chi connectivity index (χ4n) is 4.52. The van der Waals surface area contributed by atoms with Gasteiger partial charge in [0.05, 0.1) is 11.9 Å². The summed E-state index contributed by atoms with van der Waals surface area (Å²) in [4.78, 5) is 19.5. The smallest absolute Gasteiger partial charge is 0.222 e. The van der Waals surface area contributed by atoms with E-state index in [2.05, 4.69) is 22.5 Å². The van der Waals surface area contributed by atoms with Crippen LogP contribution >= 0.6 is 11.6 Å². The van der Waals surface area contributed by atoms with Crippen molar-refractivity contribution >= 4 is 29.0 Å². The molecule has 2 aromatic carbocycles. The van der Waals surface area contributed by atoms with Crippen molar-refractivity contribution in [2.45, 2.75) is 38.6 Å². The zero-order valence-electron chi connectivity index (χ0n) is 19.2. The Balaban J connectivity index is 1.27. The number of hydrogen-bond acceptors (Lipinski definition) is 4. The molecule has 1 aliphatic rings. The first-order chi connectivity index (χ1) is 16.6. The second kappa shape index (κ2) is 9.85. The minimum absolute atomic E-state index is 0.234. The normalized spacial score (nSPS) is 14.5. The number of anilines is 1. The highest BCUT2D eigenvalue weighted by Crippen LogP contribution is 2.30. The molecule has 0 bridgehead atoms. The number of hydrogen-bond donors (Lipinski definition) is 1. The Morgan fingerprint density at radius 1 is 1.09 bits per heavy atom. The fourth-order valence-corrected chi connectivity index (χ4v) is 4.75. The summed E-state index contributed by atoms with van der Waals surface area (Å²) in [6, 6.07) is 20.2. The minimum Gasteiger partial charge on any atom is -0.367 e. The van der Waals surface area contributed by atoms with Gasteiger partial charge < -0.3 is 10.2 Å². The number of carbonyl (C=O) groups excluding carboxylic acids is 1. The van der Waals surface area contributed by atoms with Crippen LogP contribution in [0.15, 0.2) is 66.9 Å². The average Bonchev–Trinajstić information content (AvgIpc) is 3.25. The van der Waals surface area contributed by atoms with Crippen LogP contribution < -0.4 is 5.32 Å². The average molecular weight is 474 g/mol. The first-order valence-electron chi connectivity index (χ1n) is 11.8. The second-order valence-corrected chi connectivity index (χ2v) is 9.26. The lowest BCUT2D eigenvalue weighted by molar-refractivity contribution is -0.132. The molecule has 0 spiro atoms. The predicted molar refractivity (Wildman–Crippen MR) is 136 cm³/mol. The summed E-state index contributed by atoms with van der Waals surface area (Å²) in [7, 11) is 0. The van der Waals surface area contributed by atoms with Crippen LogP contribution in [0.4, 0.5) is 5.82 Å². The number of nitrogens with one attached hydrogen (secondary N) is 1. The van der Waals surface area contributed by atoms with E-state index in [9.17, 15) is 4.79 Å². The van der Waals surface area contributed by atoms with E-state index in [-0.39, 0.29) is 11.9 Å². The molecule has 34 heavy (non-hydrogen) atoms. The fraction of sp³-hybridized carbons (Fsp3) is 0.296. The van der Waals surface area contributed by atoms with Crippen LogP contribution in [0.1, 0.15) is 30.4 Å². The maximum atomic E-state index is 12.7. The lowest BCUT2D eigenvalue weighted by atomic mass is 10.0. The molecule has 0 saturated carbocycles. The number of likely N-dealkylation sites (tertiary alicyclic amines) is 1. The number of amides is 1. The van der Waals surface area contributed by atoms with Crippen LogP contribution in [0.5, 0.6) is 0 Å². The Hall–Kier alpha value is -3.38. The summed E-state index contributed by atoms with van der Waals surface area (Å²) in [5.74, 6) is 1.12. The summed E-state index contributed by atoms with van der Waals surface area (Å²) >= 11 is 6.46. The van der Waals surface area contributed by atoms with Crippen LogP contribution in [-0.4, -0.2) is 44.5 Å². The van der Waals surface area contributed by atoms with E-state index in [0.717, 1.165) is 60.6 Å². The van der Waals surface area contributed by atoms with Gasteiger partial charge in [-0.1, -0.05) is 60.1 Å². The van der Waals surface area contributed by atoms with E-state index in [1.54, 1.807) is 0 Å². The first-order valence-corrected chi connectivity index (χ1v) is 12.1. The lowest BCUT2D eigenvalue weighted by Gasteiger charge is -2.33. The number of rotatable bonds is 6. The molecular weight excluding hydrogens is 446 g/mol. The van der Waals surface area contributed by atoms with Gasteiger partial charge in [-0.05, 0) is 37.8 Å². The van der Waals surface area contributed by atoms with Crippen molar-refractivity contribution in [2.24, 2.45) is 0 Å². The van der Waals surface area contributed by atoms with Gasteiger partial charge in [0.15, 0.2) is 5.65 Å². The number of piperidine rings is 1. The molecule has 0 radical (unpaired) electrons. The third kappa shape index (κ3) is 4.77. The molecule has 1 aliphatic heterocycles. The SMILES string of the molecule is Cc1cnn2c(NC3CCN(C(=O)CCc4ccccc4)CC3)cc(-c3ccccc3Cl)nc12. The lowest BCUT2D eigenvalue weighted by Crippen LogP contribution is -2.42. The van der Waals surface area contributed by atoms with Gasteiger partial charge in [-0.15, -0.1) is 0 Å². The van der Waals surface area contributed by atoms with Crippen molar-refractivity contribution in [2.75, 3.05) is 18.4 Å². The van der Waals surface area contributed by atoms with Gasteiger partial charge in [0.1, 0.15) is 5.82 Å². The molecule has 7 heteroatoms. The zero-order valence-corrected chi connectivity index (χ0v) is 20.0. The largest absolute Gasteiger partial charge is 0.367 e. The molecule has 0 aliphatic carbocycles. The van der Waals surface area contributed by atoms with Gasteiger partial charge in [-0.25, -0.2) is 4.98 Å². The van der Waals surface area contributed by atoms with Gasteiger partial charge >= 0.3 is 0 Å². The van der Waals surface area contributed by atoms with E-state index in [1.165, 1.54) is 5.56 Å². The highest BCUT2D eigenvalue weighted by Gasteiger charge is 2.24. The van der Waals surface area contributed by atoms with Crippen molar-refractivity contribution in [3.05, 3.63) is 83.0 Å². The van der Waals surface area contributed by atoms with Gasteiger partial charge in [0.25, 0.3) is 0 Å². The molecule has 1 saturated heterocycles. The Bertz CT molecular complexity index is 1300. The Kier molecular flexibility index (Phi) is 6.50. The number of nitrogens with zero attached hydrogens (tertiary/aromatic N) is 4. The molecule has 174 valence electrons. The van der Waals surface area contributed by atoms with Gasteiger partial charge in [-0.2, -0.15) is 9.61 Å². The van der Waals surface area contributed by atoms with E-state index < -0.39 is 0 Å². The van der Waals surface area contributed by atoms with Crippen LogP contribution in [-0.2, 0) is 11.2 Å². The summed E-state index contributed by atoms with van der Waals surface area (Å²) < 4.78 is 1.85. The van der Waals surface area contributed by atoms with Crippen molar-refractivity contribution < 1.29 is 4.79 Å². The molecule has 0 unspecified atom stereocenters. The highest BCUT2D eigenvalue weighted by atomic mass is 35.5. The Morgan fingerprint density at radius 2 is 1.82 bits per heavy atom. The number of benzene rings is 2. The van der Waals surface area contributed by atoms with E-state index >= 15 is 0 Å². The molecule has 3 heterocycles. The summed E-state index contributed by atoms with van der Waals surface area (Å²) in [5.41, 5.74) is 4.74. The topological polar surface area (TPSA) is 62.5 Å². The molecule has 2 aromatic heterocycles. The van der Waals surface area contributed by atoms with Crippen molar-refractivity contribution in [1.29, 1.82) is 0 Å². The number of aryl methyl sites for hydroxylation is 2. The highest BCUT2D eigenvalue weighted by molar-refractivity contribution is 6.33. The van der Waals surface area contributed by atoms with Crippen molar-refractivity contribution in [3.8, 4) is 11.3 Å². The Labute approximate surface area is 204 Å². The van der Waals surface area contributed by atoms with Gasteiger partial charge in [0.2, 0.25) is 5.91 Å².